The molecule has 0 aliphatic rings. The van der Waals surface area contributed by atoms with Gasteiger partial charge in [0.1, 0.15) is 0 Å². The van der Waals surface area contributed by atoms with E-state index >= 15 is 0 Å². The van der Waals surface area contributed by atoms with Crippen LogP contribution in [0.2, 0.25) is 0 Å². The summed E-state index contributed by atoms with van der Waals surface area (Å²) < 4.78 is 28.7. The summed E-state index contributed by atoms with van der Waals surface area (Å²) in [6, 6.07) is 6.30. The first-order valence-electron chi connectivity index (χ1n) is 6.32. The number of amides is 1. The largest absolute Gasteiger partial charge is 0.465 e. The molecule has 1 N–H and O–H groups in total. The van der Waals surface area contributed by atoms with Gasteiger partial charge in [-0.1, -0.05) is 18.2 Å². The molecular weight excluding hydrogens is 308 g/mol. The van der Waals surface area contributed by atoms with E-state index in [0.717, 1.165) is 10.6 Å². The second-order valence-electron chi connectivity index (χ2n) is 4.43. The van der Waals surface area contributed by atoms with Gasteiger partial charge < -0.3 is 10.1 Å². The van der Waals surface area contributed by atoms with Crippen LogP contribution in [0.4, 0.5) is 5.69 Å². The molecule has 0 fully saturated rings. The van der Waals surface area contributed by atoms with E-state index in [-0.39, 0.29) is 24.3 Å². The molecule has 0 bridgehead atoms. The lowest BCUT2D eigenvalue weighted by atomic mass is 10.2. The highest BCUT2D eigenvalue weighted by Gasteiger charge is 2.20. The lowest BCUT2D eigenvalue weighted by molar-refractivity contribution is -0.116. The van der Waals surface area contributed by atoms with Crippen LogP contribution in [0, 0.1) is 0 Å². The minimum absolute atomic E-state index is 0.0188. The fourth-order valence-corrected chi connectivity index (χ4v) is 2.42. The number of anilines is 1. The van der Waals surface area contributed by atoms with Crippen LogP contribution in [0.3, 0.4) is 0 Å². The Labute approximate surface area is 129 Å². The van der Waals surface area contributed by atoms with E-state index in [1.54, 1.807) is 12.1 Å². The van der Waals surface area contributed by atoms with Gasteiger partial charge in [-0.05, 0) is 12.1 Å². The molecule has 0 spiro atoms. The summed E-state index contributed by atoms with van der Waals surface area (Å²) >= 11 is 0. The third kappa shape index (κ3) is 4.97. The van der Waals surface area contributed by atoms with Gasteiger partial charge in [0, 0.05) is 6.54 Å². The van der Waals surface area contributed by atoms with E-state index in [1.165, 1.54) is 25.3 Å². The Morgan fingerprint density at radius 3 is 2.55 bits per heavy atom. The van der Waals surface area contributed by atoms with Crippen LogP contribution in [0.15, 0.2) is 36.9 Å². The van der Waals surface area contributed by atoms with Crippen molar-refractivity contribution in [2.45, 2.75) is 0 Å². The van der Waals surface area contributed by atoms with Gasteiger partial charge in [0.25, 0.3) is 0 Å². The lowest BCUT2D eigenvalue weighted by Crippen LogP contribution is -2.37. The van der Waals surface area contributed by atoms with Gasteiger partial charge in [0.2, 0.25) is 15.9 Å². The van der Waals surface area contributed by atoms with Crippen molar-refractivity contribution in [3.63, 3.8) is 0 Å². The molecule has 0 atom stereocenters. The van der Waals surface area contributed by atoms with Crippen molar-refractivity contribution >= 4 is 27.6 Å². The molecule has 0 aromatic heterocycles. The summed E-state index contributed by atoms with van der Waals surface area (Å²) in [4.78, 5) is 23.6. The van der Waals surface area contributed by atoms with Crippen molar-refractivity contribution in [3.8, 4) is 0 Å². The molecule has 0 aliphatic heterocycles. The van der Waals surface area contributed by atoms with Gasteiger partial charge in [-0.2, -0.15) is 4.31 Å². The molecule has 8 heteroatoms. The molecule has 0 heterocycles. The Kier molecular flexibility index (Phi) is 6.26. The van der Waals surface area contributed by atoms with E-state index in [9.17, 15) is 18.0 Å². The number of sulfonamides is 1. The SMILES string of the molecule is C=CCN(CC(=O)Nc1ccccc1C(=O)OC)S(C)(=O)=O. The summed E-state index contributed by atoms with van der Waals surface area (Å²) in [6.45, 7) is 3.10. The average molecular weight is 326 g/mol. The van der Waals surface area contributed by atoms with Crippen molar-refractivity contribution < 1.29 is 22.7 Å². The topological polar surface area (TPSA) is 92.8 Å². The smallest absolute Gasteiger partial charge is 0.339 e. The first kappa shape index (κ1) is 17.9. The molecule has 0 unspecified atom stereocenters. The Morgan fingerprint density at radius 2 is 2.00 bits per heavy atom. The number of esters is 1. The quantitative estimate of drug-likeness (QED) is 0.592. The molecule has 1 aromatic carbocycles. The molecule has 7 nitrogen and oxygen atoms in total. The van der Waals surface area contributed by atoms with E-state index in [4.69, 9.17) is 0 Å². The van der Waals surface area contributed by atoms with E-state index < -0.39 is 21.9 Å². The van der Waals surface area contributed by atoms with Crippen LogP contribution in [0.25, 0.3) is 0 Å². The van der Waals surface area contributed by atoms with Crippen molar-refractivity contribution in [1.82, 2.24) is 4.31 Å². The number of ether oxygens (including phenoxy) is 1. The van der Waals surface area contributed by atoms with Crippen molar-refractivity contribution in [1.29, 1.82) is 0 Å². The zero-order chi connectivity index (χ0) is 16.8. The normalized spacial score (nSPS) is 11.0. The maximum atomic E-state index is 12.0. The molecule has 0 aliphatic carbocycles. The summed E-state index contributed by atoms with van der Waals surface area (Å²) in [5.41, 5.74) is 0.444. The van der Waals surface area contributed by atoms with Crippen molar-refractivity contribution in [2.75, 3.05) is 31.8 Å². The molecule has 1 aromatic rings. The highest BCUT2D eigenvalue weighted by Crippen LogP contribution is 2.16. The third-order valence-corrected chi connectivity index (χ3v) is 3.94. The predicted octanol–water partition coefficient (Wildman–Crippen LogP) is 0.859. The summed E-state index contributed by atoms with van der Waals surface area (Å²) in [7, 11) is -2.30. The second kappa shape index (κ2) is 7.71. The fraction of sp³-hybridized carbons (Fsp3) is 0.286. The third-order valence-electron chi connectivity index (χ3n) is 2.73. The van der Waals surface area contributed by atoms with Gasteiger partial charge in [0.05, 0.1) is 31.2 Å². The first-order chi connectivity index (χ1) is 10.3. The van der Waals surface area contributed by atoms with Gasteiger partial charge in [0.15, 0.2) is 0 Å². The number of methoxy groups -OCH3 is 1. The molecule has 0 radical (unpaired) electrons. The molecule has 22 heavy (non-hydrogen) atoms. The van der Waals surface area contributed by atoms with E-state index in [1.807, 2.05) is 0 Å². The number of nitrogens with zero attached hydrogens (tertiary/aromatic N) is 1. The molecule has 1 amide bonds. The number of nitrogens with one attached hydrogen (secondary N) is 1. The molecule has 0 saturated carbocycles. The Hall–Kier alpha value is -2.19. The van der Waals surface area contributed by atoms with Crippen LogP contribution in [0.5, 0.6) is 0 Å². The minimum atomic E-state index is -3.54. The minimum Gasteiger partial charge on any atom is -0.465 e. The Bertz CT molecular complexity index is 670. The fourth-order valence-electron chi connectivity index (χ4n) is 1.69. The summed E-state index contributed by atoms with van der Waals surface area (Å²) in [5, 5.41) is 2.51. The number of para-hydroxylation sites is 1. The standard InChI is InChI=1S/C14H18N2O5S/c1-4-9-16(22(3,19)20)10-13(17)15-12-8-6-5-7-11(12)14(18)21-2/h4-8H,1,9-10H2,2-3H3,(H,15,17). The maximum absolute atomic E-state index is 12.0. The Morgan fingerprint density at radius 1 is 1.36 bits per heavy atom. The molecule has 1 rings (SSSR count). The van der Waals surface area contributed by atoms with Gasteiger partial charge in [-0.3, -0.25) is 4.79 Å². The summed E-state index contributed by atoms with van der Waals surface area (Å²) in [5.74, 6) is -1.16. The van der Waals surface area contributed by atoms with Crippen LogP contribution >= 0.6 is 0 Å². The first-order valence-corrected chi connectivity index (χ1v) is 8.17. The van der Waals surface area contributed by atoms with Crippen molar-refractivity contribution in [2.24, 2.45) is 0 Å². The highest BCUT2D eigenvalue weighted by atomic mass is 32.2. The van der Waals surface area contributed by atoms with Gasteiger partial charge in [-0.15, -0.1) is 6.58 Å². The van der Waals surface area contributed by atoms with E-state index in [0.29, 0.717) is 0 Å². The monoisotopic (exact) mass is 326 g/mol. The molecule has 120 valence electrons. The number of carbonyl (C=O) groups excluding carboxylic acids is 2. The number of hydrogen-bond acceptors (Lipinski definition) is 5. The van der Waals surface area contributed by atoms with Crippen LogP contribution in [0.1, 0.15) is 10.4 Å². The highest BCUT2D eigenvalue weighted by molar-refractivity contribution is 7.88. The Balaban J connectivity index is 2.89. The average Bonchev–Trinajstić information content (AvgIpc) is 2.45. The lowest BCUT2D eigenvalue weighted by Gasteiger charge is -2.18. The van der Waals surface area contributed by atoms with Crippen LogP contribution in [-0.2, 0) is 19.6 Å². The van der Waals surface area contributed by atoms with E-state index in [2.05, 4.69) is 16.6 Å². The predicted molar refractivity (Wildman–Crippen MR) is 83.0 cm³/mol. The van der Waals surface area contributed by atoms with Gasteiger partial charge in [-0.25, -0.2) is 13.2 Å². The maximum Gasteiger partial charge on any atom is 0.339 e. The number of carbonyl (C=O) groups is 2. The zero-order valence-corrected chi connectivity index (χ0v) is 13.2. The van der Waals surface area contributed by atoms with Gasteiger partial charge >= 0.3 is 5.97 Å². The zero-order valence-electron chi connectivity index (χ0n) is 12.4. The number of hydrogen-bond donors (Lipinski definition) is 1. The molecule has 0 saturated heterocycles. The van der Waals surface area contributed by atoms with Crippen molar-refractivity contribution in [3.05, 3.63) is 42.5 Å². The second-order valence-corrected chi connectivity index (χ2v) is 6.41. The van der Waals surface area contributed by atoms with Crippen LogP contribution < -0.4 is 5.32 Å². The molecular formula is C14H18N2O5S. The summed E-state index contributed by atoms with van der Waals surface area (Å²) in [6.07, 6.45) is 2.39. The number of rotatable bonds is 7. The van der Waals surface area contributed by atoms with Crippen LogP contribution in [-0.4, -0.2) is 51.1 Å². The number of benzene rings is 1.